The molecule has 204 valence electrons. The summed E-state index contributed by atoms with van der Waals surface area (Å²) in [5, 5.41) is 7.78. The van der Waals surface area contributed by atoms with Gasteiger partial charge in [0.05, 0.1) is 49.1 Å². The third-order valence-corrected chi connectivity index (χ3v) is 7.51. The number of halogens is 4. The lowest BCUT2D eigenvalue weighted by atomic mass is 9.85. The van der Waals surface area contributed by atoms with Crippen molar-refractivity contribution in [1.82, 2.24) is 24.6 Å². The largest absolute Gasteiger partial charge is 0.401 e. The van der Waals surface area contributed by atoms with Crippen LogP contribution in [0.1, 0.15) is 43.1 Å². The molecule has 1 aromatic carbocycles. The summed E-state index contributed by atoms with van der Waals surface area (Å²) < 4.78 is 55.2. The van der Waals surface area contributed by atoms with Crippen LogP contribution in [0.5, 0.6) is 0 Å². The smallest absolute Gasteiger partial charge is 0.378 e. The van der Waals surface area contributed by atoms with Gasteiger partial charge in [-0.25, -0.2) is 0 Å². The van der Waals surface area contributed by atoms with Crippen molar-refractivity contribution < 1.29 is 17.6 Å². The van der Waals surface area contributed by atoms with Crippen LogP contribution in [0.3, 0.4) is 0 Å². The van der Waals surface area contributed by atoms with Crippen molar-refractivity contribution in [2.75, 3.05) is 38.2 Å². The van der Waals surface area contributed by atoms with E-state index in [0.29, 0.717) is 18.5 Å². The van der Waals surface area contributed by atoms with E-state index in [1.54, 1.807) is 6.20 Å². The van der Waals surface area contributed by atoms with Gasteiger partial charge in [-0.3, -0.25) is 23.9 Å². The molecule has 2 aliphatic heterocycles. The summed E-state index contributed by atoms with van der Waals surface area (Å²) in [6.45, 7) is 5.77. The minimum atomic E-state index is -4.32. The number of aryl methyl sites for hydroxylation is 1. The van der Waals surface area contributed by atoms with Crippen LogP contribution < -0.4 is 5.32 Å². The highest BCUT2D eigenvalue weighted by Crippen LogP contribution is 2.40. The van der Waals surface area contributed by atoms with E-state index in [4.69, 9.17) is 0 Å². The monoisotopic (exact) mass is 530 g/mol. The van der Waals surface area contributed by atoms with Gasteiger partial charge in [-0.05, 0) is 55.5 Å². The maximum absolute atomic E-state index is 13.7. The van der Waals surface area contributed by atoms with Crippen molar-refractivity contribution in [3.05, 3.63) is 65.7 Å². The summed E-state index contributed by atoms with van der Waals surface area (Å²) in [6, 6.07) is 9.07. The summed E-state index contributed by atoms with van der Waals surface area (Å²) in [4.78, 5) is 8.35. The predicted molar refractivity (Wildman–Crippen MR) is 140 cm³/mol. The Hall–Kier alpha value is -2.98. The lowest BCUT2D eigenvalue weighted by Crippen LogP contribution is -2.54. The standard InChI is InChI=1S/C28H34F4N6/c1-3-37-15-22(13-34-37)20-5-7-25-21(12-20)11-19(2)38(18-28(30,31)32)27(25)26-8-6-23(14-33-26)35-24-16-36(17-24)10-4-9-29/h5-8,12-15,19,24,27,35H,3-4,9-11,16-18H2,1-2H3/t19-,27+/m0/s1. The van der Waals surface area contributed by atoms with E-state index in [9.17, 15) is 17.6 Å². The number of nitrogens with zero attached hydrogens (tertiary/aromatic N) is 5. The number of alkyl halides is 4. The van der Waals surface area contributed by atoms with Gasteiger partial charge in [-0.2, -0.15) is 18.3 Å². The van der Waals surface area contributed by atoms with Crippen LogP contribution in [0.2, 0.25) is 0 Å². The Balaban J connectivity index is 1.39. The van der Waals surface area contributed by atoms with E-state index in [2.05, 4.69) is 26.4 Å². The predicted octanol–water partition coefficient (Wildman–Crippen LogP) is 5.32. The molecule has 0 radical (unpaired) electrons. The Bertz CT molecular complexity index is 1220. The number of fused-ring (bicyclic) bond motifs is 1. The van der Waals surface area contributed by atoms with Gasteiger partial charge in [0.2, 0.25) is 0 Å². The van der Waals surface area contributed by atoms with E-state index in [1.165, 1.54) is 4.90 Å². The zero-order chi connectivity index (χ0) is 26.9. The van der Waals surface area contributed by atoms with Crippen LogP contribution in [0, 0.1) is 0 Å². The highest BCUT2D eigenvalue weighted by Gasteiger charge is 2.41. The van der Waals surface area contributed by atoms with Gasteiger partial charge in [-0.1, -0.05) is 18.2 Å². The minimum Gasteiger partial charge on any atom is -0.378 e. The average molecular weight is 531 g/mol. The van der Waals surface area contributed by atoms with Crippen molar-refractivity contribution >= 4 is 5.69 Å². The van der Waals surface area contributed by atoms with Gasteiger partial charge in [-0.15, -0.1) is 0 Å². The molecular weight excluding hydrogens is 496 g/mol. The van der Waals surface area contributed by atoms with Crippen molar-refractivity contribution in [2.24, 2.45) is 0 Å². The molecule has 1 fully saturated rings. The number of hydrogen-bond acceptors (Lipinski definition) is 5. The van der Waals surface area contributed by atoms with Gasteiger partial charge >= 0.3 is 6.18 Å². The number of nitrogens with one attached hydrogen (secondary N) is 1. The fraction of sp³-hybridized carbons (Fsp3) is 0.500. The molecule has 0 aliphatic carbocycles. The SMILES string of the molecule is CCn1cc(-c2ccc3c(c2)C[C@H](C)N(CC(F)(F)F)[C@H]3c2ccc(NC3CN(CCCF)C3)cn2)cn1. The summed E-state index contributed by atoms with van der Waals surface area (Å²) >= 11 is 0. The van der Waals surface area contributed by atoms with E-state index < -0.39 is 18.8 Å². The minimum absolute atomic E-state index is 0.259. The van der Waals surface area contributed by atoms with Crippen LogP contribution in [-0.4, -0.2) is 75.7 Å². The molecule has 3 aromatic rings. The topological polar surface area (TPSA) is 49.2 Å². The first-order valence-corrected chi connectivity index (χ1v) is 13.2. The fourth-order valence-electron chi connectivity index (χ4n) is 5.58. The van der Waals surface area contributed by atoms with Crippen LogP contribution in [0.25, 0.3) is 11.1 Å². The molecule has 0 amide bonds. The third kappa shape index (κ3) is 5.86. The molecule has 0 unspecified atom stereocenters. The number of anilines is 1. The Labute approximate surface area is 220 Å². The molecule has 0 saturated carbocycles. The fourth-order valence-corrected chi connectivity index (χ4v) is 5.58. The number of pyridine rings is 1. The normalized spacial score (nSPS) is 20.8. The third-order valence-electron chi connectivity index (χ3n) is 7.51. The van der Waals surface area contributed by atoms with Crippen LogP contribution in [0.4, 0.5) is 23.2 Å². The number of aromatic nitrogens is 3. The molecule has 2 aliphatic rings. The molecule has 0 bridgehead atoms. The Morgan fingerprint density at radius 3 is 2.55 bits per heavy atom. The molecule has 2 atom stereocenters. The quantitative estimate of drug-likeness (QED) is 0.380. The maximum atomic E-state index is 13.7. The average Bonchev–Trinajstić information content (AvgIpc) is 3.35. The van der Waals surface area contributed by atoms with Gasteiger partial charge in [0.1, 0.15) is 0 Å². The summed E-state index contributed by atoms with van der Waals surface area (Å²) in [5.41, 5.74) is 5.32. The van der Waals surface area contributed by atoms with Gasteiger partial charge in [0.25, 0.3) is 0 Å². The lowest BCUT2D eigenvalue weighted by Gasteiger charge is -2.42. The maximum Gasteiger partial charge on any atom is 0.401 e. The van der Waals surface area contributed by atoms with Crippen molar-refractivity contribution in [3.8, 4) is 11.1 Å². The molecular formula is C28H34F4N6. The number of benzene rings is 1. The van der Waals surface area contributed by atoms with Crippen molar-refractivity contribution in [1.29, 1.82) is 0 Å². The zero-order valence-electron chi connectivity index (χ0n) is 21.8. The summed E-state index contributed by atoms with van der Waals surface area (Å²) in [6.07, 6.45) is 2.26. The second-order valence-corrected chi connectivity index (χ2v) is 10.4. The Kier molecular flexibility index (Phi) is 7.72. The molecule has 4 heterocycles. The summed E-state index contributed by atoms with van der Waals surface area (Å²) in [7, 11) is 0. The zero-order valence-corrected chi connectivity index (χ0v) is 21.8. The van der Waals surface area contributed by atoms with Gasteiger partial charge < -0.3 is 5.32 Å². The van der Waals surface area contributed by atoms with Crippen LogP contribution in [-0.2, 0) is 13.0 Å². The molecule has 6 nitrogen and oxygen atoms in total. The van der Waals surface area contributed by atoms with Gasteiger partial charge in [0, 0.05) is 44.0 Å². The van der Waals surface area contributed by atoms with E-state index in [1.807, 2.05) is 55.2 Å². The Morgan fingerprint density at radius 2 is 1.89 bits per heavy atom. The molecule has 2 aromatic heterocycles. The highest BCUT2D eigenvalue weighted by atomic mass is 19.4. The molecule has 0 spiro atoms. The number of likely N-dealkylation sites (tertiary alicyclic amines) is 1. The first-order valence-electron chi connectivity index (χ1n) is 13.2. The Morgan fingerprint density at radius 1 is 1.08 bits per heavy atom. The van der Waals surface area contributed by atoms with Crippen LogP contribution in [0.15, 0.2) is 48.9 Å². The number of hydrogen-bond donors (Lipinski definition) is 1. The van der Waals surface area contributed by atoms with E-state index >= 15 is 0 Å². The lowest BCUT2D eigenvalue weighted by molar-refractivity contribution is -0.155. The van der Waals surface area contributed by atoms with Crippen LogP contribution >= 0.6 is 0 Å². The second-order valence-electron chi connectivity index (χ2n) is 10.4. The van der Waals surface area contributed by atoms with E-state index in [0.717, 1.165) is 54.1 Å². The highest BCUT2D eigenvalue weighted by molar-refractivity contribution is 5.64. The second kappa shape index (κ2) is 11.0. The van der Waals surface area contributed by atoms with Crippen molar-refractivity contribution in [2.45, 2.75) is 57.5 Å². The first-order chi connectivity index (χ1) is 18.2. The number of rotatable bonds is 9. The molecule has 1 N–H and O–H groups in total. The molecule has 1 saturated heterocycles. The van der Waals surface area contributed by atoms with Crippen molar-refractivity contribution in [3.63, 3.8) is 0 Å². The molecule has 10 heteroatoms. The van der Waals surface area contributed by atoms with Gasteiger partial charge in [0.15, 0.2) is 0 Å². The molecule has 5 rings (SSSR count). The summed E-state index contributed by atoms with van der Waals surface area (Å²) in [5.74, 6) is 0. The first kappa shape index (κ1) is 26.6. The molecule has 38 heavy (non-hydrogen) atoms. The van der Waals surface area contributed by atoms with E-state index in [-0.39, 0.29) is 18.8 Å².